The third-order valence-electron chi connectivity index (χ3n) is 5.06. The number of hydrogen-bond donors (Lipinski definition) is 2. The van der Waals surface area contributed by atoms with Crippen LogP contribution in [0.1, 0.15) is 37.1 Å². The van der Waals surface area contributed by atoms with Crippen molar-refractivity contribution in [1.82, 2.24) is 10.3 Å². The monoisotopic (exact) mass is 252 g/mol. The van der Waals surface area contributed by atoms with E-state index in [9.17, 15) is 0 Å². The Morgan fingerprint density at radius 1 is 1.32 bits per heavy atom. The first-order valence-electron chi connectivity index (χ1n) is 7.34. The third kappa shape index (κ3) is 1.41. The smallest absolute Gasteiger partial charge is 0.0469 e. The van der Waals surface area contributed by atoms with Crippen LogP contribution in [0, 0.1) is 11.8 Å². The van der Waals surface area contributed by atoms with Crippen molar-refractivity contribution in [1.29, 1.82) is 0 Å². The van der Waals surface area contributed by atoms with Gasteiger partial charge in [0.2, 0.25) is 0 Å². The molecule has 19 heavy (non-hydrogen) atoms. The van der Waals surface area contributed by atoms with Crippen molar-refractivity contribution in [3.05, 3.63) is 42.1 Å². The number of rotatable bonds is 1. The molecule has 2 nitrogen and oxygen atoms in total. The Morgan fingerprint density at radius 3 is 3.00 bits per heavy atom. The van der Waals surface area contributed by atoms with Gasteiger partial charge in [0.05, 0.1) is 0 Å². The molecule has 0 radical (unpaired) electrons. The van der Waals surface area contributed by atoms with Crippen LogP contribution in [-0.4, -0.2) is 11.5 Å². The van der Waals surface area contributed by atoms with Crippen LogP contribution < -0.4 is 5.32 Å². The van der Waals surface area contributed by atoms with Crippen molar-refractivity contribution >= 4 is 16.5 Å². The van der Waals surface area contributed by atoms with Gasteiger partial charge in [0.25, 0.3) is 0 Å². The van der Waals surface area contributed by atoms with Crippen LogP contribution in [0.15, 0.2) is 30.8 Å². The summed E-state index contributed by atoms with van der Waals surface area (Å²) in [6.45, 7) is 7.84. The number of para-hydroxylation sites is 1. The van der Waals surface area contributed by atoms with E-state index in [-0.39, 0.29) is 0 Å². The van der Waals surface area contributed by atoms with E-state index in [2.05, 4.69) is 48.1 Å². The van der Waals surface area contributed by atoms with Crippen molar-refractivity contribution in [2.45, 2.75) is 25.8 Å². The highest BCUT2D eigenvalue weighted by Crippen LogP contribution is 2.50. The van der Waals surface area contributed by atoms with Crippen molar-refractivity contribution in [2.24, 2.45) is 11.8 Å². The summed E-state index contributed by atoms with van der Waals surface area (Å²) < 4.78 is 0. The van der Waals surface area contributed by atoms with Crippen LogP contribution in [-0.2, 0) is 0 Å². The fourth-order valence-corrected chi connectivity index (χ4v) is 4.19. The first-order chi connectivity index (χ1) is 9.31. The Labute approximate surface area is 113 Å². The highest BCUT2D eigenvalue weighted by molar-refractivity contribution is 5.91. The molecule has 2 heterocycles. The molecule has 1 saturated heterocycles. The Hall–Kier alpha value is -1.54. The minimum Gasteiger partial charge on any atom is -0.355 e. The molecule has 1 aliphatic heterocycles. The van der Waals surface area contributed by atoms with Crippen molar-refractivity contribution in [2.75, 3.05) is 6.54 Å². The predicted molar refractivity (Wildman–Crippen MR) is 80.0 cm³/mol. The van der Waals surface area contributed by atoms with E-state index in [0.29, 0.717) is 17.9 Å². The van der Waals surface area contributed by atoms with E-state index < -0.39 is 0 Å². The molecule has 2 N–H and O–H groups in total. The normalized spacial score (nSPS) is 29.5. The molecule has 1 aromatic carbocycles. The van der Waals surface area contributed by atoms with E-state index in [4.69, 9.17) is 0 Å². The lowest BCUT2D eigenvalue weighted by molar-refractivity contribution is 0.218. The van der Waals surface area contributed by atoms with Gasteiger partial charge in [-0.1, -0.05) is 38.1 Å². The number of fused-ring (bicyclic) bond motifs is 6. The summed E-state index contributed by atoms with van der Waals surface area (Å²) in [7, 11) is 0. The summed E-state index contributed by atoms with van der Waals surface area (Å²) in [5, 5.41) is 5.12. The molecular formula is C17H20N2. The second kappa shape index (κ2) is 3.97. The summed E-state index contributed by atoms with van der Waals surface area (Å²) in [4.78, 5) is 3.60. The topological polar surface area (TPSA) is 27.8 Å². The standard InChI is InChI=1S/C17H20N2/c1-3-11-12-8-9-18-17(11)15-13-6-4-5-7-14(13)19-16(15)10(12)2/h4-7,11-12,17-19H,2-3,8-9H2,1H3/t11-,12?,17?/m0/s1. The van der Waals surface area contributed by atoms with Crippen molar-refractivity contribution < 1.29 is 0 Å². The van der Waals surface area contributed by atoms with Crippen LogP contribution in [0.3, 0.4) is 0 Å². The maximum Gasteiger partial charge on any atom is 0.0469 e. The lowest BCUT2D eigenvalue weighted by Gasteiger charge is -2.44. The zero-order valence-electron chi connectivity index (χ0n) is 11.4. The highest BCUT2D eigenvalue weighted by atomic mass is 15.0. The fourth-order valence-electron chi connectivity index (χ4n) is 4.19. The molecule has 2 aliphatic rings. The molecular weight excluding hydrogens is 232 g/mol. The zero-order valence-corrected chi connectivity index (χ0v) is 11.4. The Balaban J connectivity index is 2.01. The molecule has 2 unspecified atom stereocenters. The van der Waals surface area contributed by atoms with Gasteiger partial charge in [-0.25, -0.2) is 0 Å². The highest BCUT2D eigenvalue weighted by Gasteiger charge is 2.42. The summed E-state index contributed by atoms with van der Waals surface area (Å²) >= 11 is 0. The minimum absolute atomic E-state index is 0.500. The maximum absolute atomic E-state index is 4.41. The van der Waals surface area contributed by atoms with E-state index in [1.165, 1.54) is 40.6 Å². The lowest BCUT2D eigenvalue weighted by Crippen LogP contribution is -2.43. The molecule has 2 heteroatoms. The van der Waals surface area contributed by atoms with Gasteiger partial charge in [-0.05, 0) is 36.4 Å². The van der Waals surface area contributed by atoms with Gasteiger partial charge in [-0.15, -0.1) is 0 Å². The van der Waals surface area contributed by atoms with Crippen LogP contribution in [0.4, 0.5) is 0 Å². The first-order valence-corrected chi connectivity index (χ1v) is 7.34. The molecule has 0 spiro atoms. The third-order valence-corrected chi connectivity index (χ3v) is 5.06. The number of aromatic amines is 1. The number of nitrogens with one attached hydrogen (secondary N) is 2. The second-order valence-corrected chi connectivity index (χ2v) is 5.88. The van der Waals surface area contributed by atoms with Crippen LogP contribution in [0.25, 0.3) is 16.5 Å². The lowest BCUT2D eigenvalue weighted by atomic mass is 9.67. The number of H-pyrrole nitrogens is 1. The molecule has 1 fully saturated rings. The molecule has 4 rings (SSSR count). The van der Waals surface area contributed by atoms with Gasteiger partial charge < -0.3 is 10.3 Å². The number of hydrogen-bond acceptors (Lipinski definition) is 1. The number of piperidine rings is 1. The van der Waals surface area contributed by atoms with E-state index in [0.717, 1.165) is 6.54 Å². The molecule has 0 saturated carbocycles. The van der Waals surface area contributed by atoms with Gasteiger partial charge in [0.15, 0.2) is 0 Å². The van der Waals surface area contributed by atoms with Gasteiger partial charge in [-0.3, -0.25) is 0 Å². The van der Waals surface area contributed by atoms with E-state index >= 15 is 0 Å². The Kier molecular flexibility index (Phi) is 2.36. The van der Waals surface area contributed by atoms with Crippen LogP contribution >= 0.6 is 0 Å². The Morgan fingerprint density at radius 2 is 2.16 bits per heavy atom. The van der Waals surface area contributed by atoms with Gasteiger partial charge in [0.1, 0.15) is 0 Å². The predicted octanol–water partition coefficient (Wildman–Crippen LogP) is 3.87. The van der Waals surface area contributed by atoms with Gasteiger partial charge in [-0.2, -0.15) is 0 Å². The summed E-state index contributed by atoms with van der Waals surface area (Å²) in [5.41, 5.74) is 5.34. The fraction of sp³-hybridized carbons (Fsp3) is 0.412. The number of aromatic nitrogens is 1. The molecule has 1 aromatic heterocycles. The SMILES string of the molecule is C=C1c2[nH]c3ccccc3c2C2NCCC1[C@@H]2CC. The summed E-state index contributed by atoms with van der Waals surface area (Å²) in [6, 6.07) is 9.15. The van der Waals surface area contributed by atoms with Crippen molar-refractivity contribution in [3.63, 3.8) is 0 Å². The molecule has 98 valence electrons. The number of benzene rings is 1. The van der Waals surface area contributed by atoms with Gasteiger partial charge in [0, 0.05) is 28.2 Å². The largest absolute Gasteiger partial charge is 0.355 e. The van der Waals surface area contributed by atoms with E-state index in [1.54, 1.807) is 0 Å². The van der Waals surface area contributed by atoms with E-state index in [1.807, 2.05) is 0 Å². The average Bonchev–Trinajstić information content (AvgIpc) is 2.83. The first kappa shape index (κ1) is 11.3. The second-order valence-electron chi connectivity index (χ2n) is 5.88. The Bertz CT molecular complexity index is 652. The molecule has 3 atom stereocenters. The quantitative estimate of drug-likeness (QED) is 0.792. The number of allylic oxidation sites excluding steroid dienone is 1. The van der Waals surface area contributed by atoms with Gasteiger partial charge >= 0.3 is 0 Å². The molecule has 2 aromatic rings. The summed E-state index contributed by atoms with van der Waals surface area (Å²) in [6.07, 6.45) is 2.45. The minimum atomic E-state index is 0.500. The summed E-state index contributed by atoms with van der Waals surface area (Å²) in [5.74, 6) is 1.35. The zero-order chi connectivity index (χ0) is 13.0. The van der Waals surface area contributed by atoms with Crippen molar-refractivity contribution in [3.8, 4) is 0 Å². The average molecular weight is 252 g/mol. The van der Waals surface area contributed by atoms with Crippen LogP contribution in [0.2, 0.25) is 0 Å². The molecule has 2 bridgehead atoms. The molecule has 1 aliphatic carbocycles. The molecule has 0 amide bonds. The maximum atomic E-state index is 4.41. The van der Waals surface area contributed by atoms with Crippen LogP contribution in [0.5, 0.6) is 0 Å².